The monoisotopic (exact) mass is 419 g/mol. The minimum atomic E-state index is -3.81. The first-order valence-corrected chi connectivity index (χ1v) is 9.81. The number of aliphatic hydroxyl groups excluding tert-OH is 1. The molecule has 0 spiro atoms. The normalized spacial score (nSPS) is 14.3. The molecule has 12 heteroatoms. The highest BCUT2D eigenvalue weighted by molar-refractivity contribution is 7.89. The van der Waals surface area contributed by atoms with Crippen molar-refractivity contribution in [3.8, 4) is 5.75 Å². The number of benzene rings is 2. The second kappa shape index (κ2) is 8.26. The number of hydrogen-bond donors (Lipinski definition) is 5. The summed E-state index contributed by atoms with van der Waals surface area (Å²) in [4.78, 5) is 23.7. The number of carbonyl (C=O) groups is 2. The van der Waals surface area contributed by atoms with E-state index in [1.54, 1.807) is 6.07 Å². The number of carbonyl (C=O) groups excluding carboxylic acids is 2. The number of nitrogens with zero attached hydrogens (tertiary/aromatic N) is 1. The first-order chi connectivity index (χ1) is 13.8. The summed E-state index contributed by atoms with van der Waals surface area (Å²) in [5.74, 6) is -0.281. The fraction of sp³-hybridized carbons (Fsp3) is 0.118. The first-order valence-electron chi connectivity index (χ1n) is 8.27. The van der Waals surface area contributed by atoms with E-state index >= 15 is 0 Å². The van der Waals surface area contributed by atoms with Crippen LogP contribution in [0.2, 0.25) is 0 Å². The van der Waals surface area contributed by atoms with Crippen LogP contribution in [0.25, 0.3) is 0 Å². The highest BCUT2D eigenvalue weighted by atomic mass is 32.2. The van der Waals surface area contributed by atoms with Crippen LogP contribution in [0, 0.1) is 0 Å². The van der Waals surface area contributed by atoms with E-state index in [0.717, 1.165) is 0 Å². The van der Waals surface area contributed by atoms with Gasteiger partial charge in [0.2, 0.25) is 10.0 Å². The first kappa shape index (κ1) is 20.3. The summed E-state index contributed by atoms with van der Waals surface area (Å²) in [7, 11) is -3.81. The Morgan fingerprint density at radius 2 is 1.93 bits per heavy atom. The molecule has 6 N–H and O–H groups in total. The Morgan fingerprint density at radius 3 is 2.59 bits per heavy atom. The molecule has 0 atom stereocenters. The van der Waals surface area contributed by atoms with Gasteiger partial charge in [-0.1, -0.05) is 0 Å². The zero-order valence-electron chi connectivity index (χ0n) is 14.9. The molecule has 0 saturated carbocycles. The third-order valence-corrected chi connectivity index (χ3v) is 4.71. The van der Waals surface area contributed by atoms with Gasteiger partial charge in [-0.05, 0) is 42.5 Å². The predicted octanol–water partition coefficient (Wildman–Crippen LogP) is 0.183. The van der Waals surface area contributed by atoms with E-state index in [-0.39, 0.29) is 29.5 Å². The van der Waals surface area contributed by atoms with Crippen LogP contribution in [-0.2, 0) is 14.8 Å². The zero-order chi connectivity index (χ0) is 21.0. The fourth-order valence-corrected chi connectivity index (χ4v) is 2.96. The van der Waals surface area contributed by atoms with E-state index in [1.165, 1.54) is 36.4 Å². The lowest BCUT2D eigenvalue weighted by molar-refractivity contribution is -0.110. The number of primary sulfonamides is 1. The second-order valence-corrected chi connectivity index (χ2v) is 7.40. The molecule has 11 nitrogen and oxygen atoms in total. The van der Waals surface area contributed by atoms with Crippen LogP contribution in [0.15, 0.2) is 52.5 Å². The highest BCUT2D eigenvalue weighted by Gasteiger charge is 2.27. The van der Waals surface area contributed by atoms with E-state index < -0.39 is 22.0 Å². The number of hydrogen-bond acceptors (Lipinski definition) is 8. The minimum absolute atomic E-state index is 0.0463. The summed E-state index contributed by atoms with van der Waals surface area (Å²) >= 11 is 0. The number of aliphatic hydroxyl groups is 1. The van der Waals surface area contributed by atoms with Crippen LogP contribution in [0.4, 0.5) is 16.2 Å². The van der Waals surface area contributed by atoms with Crippen LogP contribution >= 0.6 is 0 Å². The number of nitrogens with one attached hydrogen (secondary N) is 3. The molecule has 0 unspecified atom stereocenters. The lowest BCUT2D eigenvalue weighted by Gasteiger charge is -2.07. The molecule has 0 radical (unpaired) electrons. The molecule has 0 aromatic heterocycles. The van der Waals surface area contributed by atoms with Crippen molar-refractivity contribution in [2.75, 3.05) is 23.9 Å². The lowest BCUT2D eigenvalue weighted by atomic mass is 10.1. The van der Waals surface area contributed by atoms with Crippen molar-refractivity contribution >= 4 is 39.1 Å². The molecule has 0 fully saturated rings. The SMILES string of the molecule is NS(=O)(=O)c1ccc(NN=C2C(=O)Nc3ccc(OC(=O)NCCO)cc32)cc1. The summed E-state index contributed by atoms with van der Waals surface area (Å²) < 4.78 is 27.7. The van der Waals surface area contributed by atoms with Crippen molar-refractivity contribution in [3.05, 3.63) is 48.0 Å². The van der Waals surface area contributed by atoms with Crippen LogP contribution in [0.1, 0.15) is 5.56 Å². The number of fused-ring (bicyclic) bond motifs is 1. The maximum Gasteiger partial charge on any atom is 0.412 e. The molecule has 2 amide bonds. The van der Waals surface area contributed by atoms with Gasteiger partial charge >= 0.3 is 6.09 Å². The molecule has 1 aliphatic rings. The molecule has 0 saturated heterocycles. The van der Waals surface area contributed by atoms with Gasteiger partial charge in [0.25, 0.3) is 5.91 Å². The van der Waals surface area contributed by atoms with Gasteiger partial charge in [-0.25, -0.2) is 18.4 Å². The molecule has 3 rings (SSSR count). The van der Waals surface area contributed by atoms with Crippen molar-refractivity contribution in [1.29, 1.82) is 0 Å². The number of ether oxygens (including phenoxy) is 1. The van der Waals surface area contributed by atoms with Gasteiger partial charge in [0, 0.05) is 12.1 Å². The number of rotatable bonds is 6. The van der Waals surface area contributed by atoms with Crippen LogP contribution < -0.4 is 25.9 Å². The van der Waals surface area contributed by atoms with Gasteiger partial charge in [-0.15, -0.1) is 0 Å². The zero-order valence-corrected chi connectivity index (χ0v) is 15.7. The van der Waals surface area contributed by atoms with E-state index in [9.17, 15) is 18.0 Å². The third kappa shape index (κ3) is 4.87. The molecule has 152 valence electrons. The highest BCUT2D eigenvalue weighted by Crippen LogP contribution is 2.28. The standard InChI is InChI=1S/C17H17N5O6S/c18-29(26,27)12-4-1-10(2-5-12)21-22-15-13-9-11(28-17(25)19-7-8-23)3-6-14(13)20-16(15)24/h1-6,9,21,23H,7-8H2,(H,19,25)(H2,18,26,27)(H,20,22,24). The number of amides is 2. The predicted molar refractivity (Wildman–Crippen MR) is 104 cm³/mol. The van der Waals surface area contributed by atoms with Gasteiger partial charge in [-0.3, -0.25) is 10.2 Å². The van der Waals surface area contributed by atoms with Crippen LogP contribution in [0.3, 0.4) is 0 Å². The Labute approximate surface area is 165 Å². The third-order valence-electron chi connectivity index (χ3n) is 3.78. The van der Waals surface area contributed by atoms with Gasteiger partial charge in [0.1, 0.15) is 5.75 Å². The molecular formula is C17H17N5O6S. The summed E-state index contributed by atoms with van der Waals surface area (Å²) in [6, 6.07) is 10.0. The quantitative estimate of drug-likeness (QED) is 0.415. The average molecular weight is 419 g/mol. The summed E-state index contributed by atoms with van der Waals surface area (Å²) in [5, 5.41) is 22.8. The molecule has 2 aromatic rings. The fourth-order valence-electron chi connectivity index (χ4n) is 2.45. The number of nitrogens with two attached hydrogens (primary N) is 1. The molecule has 0 aliphatic carbocycles. The molecule has 29 heavy (non-hydrogen) atoms. The Kier molecular flexibility index (Phi) is 5.77. The average Bonchev–Trinajstić information content (AvgIpc) is 2.99. The Morgan fingerprint density at radius 1 is 1.21 bits per heavy atom. The van der Waals surface area contributed by atoms with Crippen molar-refractivity contribution in [1.82, 2.24) is 5.32 Å². The molecule has 1 heterocycles. The smallest absolute Gasteiger partial charge is 0.410 e. The Hall–Kier alpha value is -3.48. The van der Waals surface area contributed by atoms with Crippen LogP contribution in [-0.4, -0.2) is 44.4 Å². The van der Waals surface area contributed by atoms with Crippen molar-refractivity contribution in [2.45, 2.75) is 4.90 Å². The van der Waals surface area contributed by atoms with E-state index in [2.05, 4.69) is 21.2 Å². The maximum absolute atomic E-state index is 12.2. The molecule has 1 aliphatic heterocycles. The van der Waals surface area contributed by atoms with Gasteiger partial charge < -0.3 is 20.5 Å². The Bertz CT molecular complexity index is 1080. The summed E-state index contributed by atoms with van der Waals surface area (Å²) in [5.41, 5.74) is 4.06. The maximum atomic E-state index is 12.2. The van der Waals surface area contributed by atoms with Gasteiger partial charge in [0.05, 0.1) is 22.9 Å². The van der Waals surface area contributed by atoms with Gasteiger partial charge in [-0.2, -0.15) is 5.10 Å². The van der Waals surface area contributed by atoms with E-state index in [1.807, 2.05) is 0 Å². The molecular weight excluding hydrogens is 402 g/mol. The Balaban J connectivity index is 1.78. The molecule has 2 aromatic carbocycles. The number of anilines is 2. The van der Waals surface area contributed by atoms with Gasteiger partial charge in [0.15, 0.2) is 5.71 Å². The number of hydrazone groups is 1. The van der Waals surface area contributed by atoms with Crippen molar-refractivity contribution < 1.29 is 27.9 Å². The minimum Gasteiger partial charge on any atom is -0.410 e. The van der Waals surface area contributed by atoms with Crippen molar-refractivity contribution in [3.63, 3.8) is 0 Å². The lowest BCUT2D eigenvalue weighted by Crippen LogP contribution is -2.29. The van der Waals surface area contributed by atoms with E-state index in [4.69, 9.17) is 15.0 Å². The van der Waals surface area contributed by atoms with Crippen molar-refractivity contribution in [2.24, 2.45) is 10.2 Å². The van der Waals surface area contributed by atoms with Crippen LogP contribution in [0.5, 0.6) is 5.75 Å². The largest absolute Gasteiger partial charge is 0.412 e. The topological polar surface area (TPSA) is 172 Å². The second-order valence-electron chi connectivity index (χ2n) is 5.84. The molecule has 0 bridgehead atoms. The summed E-state index contributed by atoms with van der Waals surface area (Å²) in [6.45, 7) is -0.178. The number of sulfonamides is 1. The summed E-state index contributed by atoms with van der Waals surface area (Å²) in [6.07, 6.45) is -0.747. The van der Waals surface area contributed by atoms with E-state index in [0.29, 0.717) is 16.9 Å².